The molecule has 1 unspecified atom stereocenters. The van der Waals surface area contributed by atoms with E-state index in [1.165, 1.54) is 0 Å². The molecule has 15 heavy (non-hydrogen) atoms. The monoisotopic (exact) mass is 235 g/mol. The fourth-order valence-electron chi connectivity index (χ4n) is 0.935. The van der Waals surface area contributed by atoms with Crippen molar-refractivity contribution in [1.82, 2.24) is 5.32 Å². The normalized spacial score (nSPS) is 14.1. The van der Waals surface area contributed by atoms with Crippen molar-refractivity contribution in [3.63, 3.8) is 0 Å². The standard InChI is InChI=1S/C9H21N3O2S/c1-8(9(10)12-14)7-11-3-6-15-5-2-4-13/h8,11,13-14H,2-7H2,1H3,(H2,10,12). The fraction of sp³-hybridized carbons (Fsp3) is 0.889. The van der Waals surface area contributed by atoms with Crippen LogP contribution in [0.4, 0.5) is 0 Å². The van der Waals surface area contributed by atoms with Crippen LogP contribution < -0.4 is 11.1 Å². The summed E-state index contributed by atoms with van der Waals surface area (Å²) < 4.78 is 0. The van der Waals surface area contributed by atoms with Gasteiger partial charge >= 0.3 is 0 Å². The second-order valence-electron chi connectivity index (χ2n) is 3.32. The predicted molar refractivity (Wildman–Crippen MR) is 64.5 cm³/mol. The molecule has 0 fully saturated rings. The number of nitrogens with zero attached hydrogens (tertiary/aromatic N) is 1. The minimum atomic E-state index is 0.0532. The van der Waals surface area contributed by atoms with Gasteiger partial charge in [0.1, 0.15) is 5.84 Å². The van der Waals surface area contributed by atoms with E-state index in [0.29, 0.717) is 0 Å². The average Bonchev–Trinajstić information content (AvgIpc) is 2.26. The third-order valence-electron chi connectivity index (χ3n) is 1.94. The second-order valence-corrected chi connectivity index (χ2v) is 4.54. The molecule has 0 amide bonds. The van der Waals surface area contributed by atoms with Crippen LogP contribution in [0.2, 0.25) is 0 Å². The number of hydrogen-bond acceptors (Lipinski definition) is 5. The van der Waals surface area contributed by atoms with E-state index in [0.717, 1.165) is 31.0 Å². The van der Waals surface area contributed by atoms with Crippen LogP contribution in [0.5, 0.6) is 0 Å². The number of amidine groups is 1. The summed E-state index contributed by atoms with van der Waals surface area (Å²) in [6, 6.07) is 0. The molecule has 0 heterocycles. The van der Waals surface area contributed by atoms with Crippen molar-refractivity contribution in [2.45, 2.75) is 13.3 Å². The van der Waals surface area contributed by atoms with Crippen molar-refractivity contribution in [3.05, 3.63) is 0 Å². The molecule has 0 radical (unpaired) electrons. The number of oxime groups is 1. The molecular weight excluding hydrogens is 214 g/mol. The highest BCUT2D eigenvalue weighted by Gasteiger charge is 2.05. The molecule has 1 atom stereocenters. The molecule has 0 saturated carbocycles. The number of nitrogens with two attached hydrogens (primary N) is 1. The molecule has 5 N–H and O–H groups in total. The maximum atomic E-state index is 8.55. The fourth-order valence-corrected chi connectivity index (χ4v) is 1.76. The highest BCUT2D eigenvalue weighted by Crippen LogP contribution is 2.00. The number of aliphatic hydroxyl groups is 1. The van der Waals surface area contributed by atoms with E-state index >= 15 is 0 Å². The quantitative estimate of drug-likeness (QED) is 0.149. The SMILES string of the molecule is CC(CNCCSCCCO)C(N)=NO. The van der Waals surface area contributed by atoms with Gasteiger partial charge < -0.3 is 21.4 Å². The minimum Gasteiger partial charge on any atom is -0.409 e. The number of hydrogen-bond donors (Lipinski definition) is 4. The van der Waals surface area contributed by atoms with Crippen molar-refractivity contribution >= 4 is 17.6 Å². The van der Waals surface area contributed by atoms with Crippen LogP contribution in [0.15, 0.2) is 5.16 Å². The Bertz CT molecular complexity index is 179. The Hall–Kier alpha value is -0.460. The van der Waals surface area contributed by atoms with Gasteiger partial charge in [-0.2, -0.15) is 11.8 Å². The van der Waals surface area contributed by atoms with Gasteiger partial charge in [-0.3, -0.25) is 0 Å². The summed E-state index contributed by atoms with van der Waals surface area (Å²) in [7, 11) is 0. The molecule has 0 aliphatic heterocycles. The van der Waals surface area contributed by atoms with Gasteiger partial charge in [-0.05, 0) is 12.2 Å². The van der Waals surface area contributed by atoms with Crippen molar-refractivity contribution < 1.29 is 10.3 Å². The summed E-state index contributed by atoms with van der Waals surface area (Å²) in [5.41, 5.74) is 5.42. The Kier molecular flexibility index (Phi) is 9.76. The molecule has 0 rings (SSSR count). The van der Waals surface area contributed by atoms with Crippen LogP contribution in [0.3, 0.4) is 0 Å². The van der Waals surface area contributed by atoms with Crippen molar-refractivity contribution in [2.75, 3.05) is 31.2 Å². The first-order chi connectivity index (χ1) is 7.22. The molecule has 6 heteroatoms. The van der Waals surface area contributed by atoms with Crippen LogP contribution in [-0.2, 0) is 0 Å². The Morgan fingerprint density at radius 2 is 2.27 bits per heavy atom. The summed E-state index contributed by atoms with van der Waals surface area (Å²) >= 11 is 1.81. The molecule has 0 aliphatic rings. The molecule has 0 aromatic carbocycles. The maximum absolute atomic E-state index is 8.55. The minimum absolute atomic E-state index is 0.0532. The van der Waals surface area contributed by atoms with Crippen LogP contribution in [-0.4, -0.2) is 47.4 Å². The van der Waals surface area contributed by atoms with Crippen molar-refractivity contribution in [3.8, 4) is 0 Å². The van der Waals surface area contributed by atoms with Gasteiger partial charge in [0, 0.05) is 31.4 Å². The predicted octanol–water partition coefficient (Wildman–Crippen LogP) is 0.0741. The van der Waals surface area contributed by atoms with E-state index in [-0.39, 0.29) is 18.4 Å². The van der Waals surface area contributed by atoms with Gasteiger partial charge in [-0.25, -0.2) is 0 Å². The summed E-state index contributed by atoms with van der Waals surface area (Å²) in [5, 5.41) is 23.1. The number of rotatable bonds is 9. The number of thioether (sulfide) groups is 1. The Balaban J connectivity index is 3.24. The van der Waals surface area contributed by atoms with Gasteiger partial charge in [-0.1, -0.05) is 12.1 Å². The van der Waals surface area contributed by atoms with E-state index in [1.807, 2.05) is 18.7 Å². The van der Waals surface area contributed by atoms with E-state index in [1.54, 1.807) is 0 Å². The maximum Gasteiger partial charge on any atom is 0.143 e. The zero-order valence-electron chi connectivity index (χ0n) is 9.15. The lowest BCUT2D eigenvalue weighted by atomic mass is 10.1. The van der Waals surface area contributed by atoms with E-state index < -0.39 is 0 Å². The summed E-state index contributed by atoms with van der Waals surface area (Å²) in [4.78, 5) is 0. The van der Waals surface area contributed by atoms with Gasteiger partial charge in [0.05, 0.1) is 0 Å². The van der Waals surface area contributed by atoms with E-state index in [4.69, 9.17) is 16.0 Å². The van der Waals surface area contributed by atoms with Crippen molar-refractivity contribution in [2.24, 2.45) is 16.8 Å². The Labute approximate surface area is 95.1 Å². The lowest BCUT2D eigenvalue weighted by Crippen LogP contribution is -2.32. The zero-order valence-corrected chi connectivity index (χ0v) is 9.96. The Morgan fingerprint density at radius 1 is 1.53 bits per heavy atom. The molecule has 0 aromatic rings. The first kappa shape index (κ1) is 14.5. The van der Waals surface area contributed by atoms with Crippen LogP contribution in [0.25, 0.3) is 0 Å². The third-order valence-corrected chi connectivity index (χ3v) is 3.01. The summed E-state index contributed by atoms with van der Waals surface area (Å²) in [6.07, 6.45) is 0.852. The first-order valence-corrected chi connectivity index (χ1v) is 6.24. The third kappa shape index (κ3) is 8.53. The molecule has 0 bridgehead atoms. The highest BCUT2D eigenvalue weighted by atomic mass is 32.2. The molecule has 90 valence electrons. The zero-order chi connectivity index (χ0) is 11.5. The molecule has 5 nitrogen and oxygen atoms in total. The van der Waals surface area contributed by atoms with Crippen LogP contribution in [0, 0.1) is 5.92 Å². The van der Waals surface area contributed by atoms with Crippen molar-refractivity contribution in [1.29, 1.82) is 0 Å². The number of aliphatic hydroxyl groups excluding tert-OH is 1. The average molecular weight is 235 g/mol. The lowest BCUT2D eigenvalue weighted by Gasteiger charge is -2.10. The van der Waals surface area contributed by atoms with Gasteiger partial charge in [0.25, 0.3) is 0 Å². The first-order valence-electron chi connectivity index (χ1n) is 5.09. The van der Waals surface area contributed by atoms with Gasteiger partial charge in [0.15, 0.2) is 0 Å². The molecule has 0 aliphatic carbocycles. The second kappa shape index (κ2) is 10.1. The molecule has 0 aromatic heterocycles. The van der Waals surface area contributed by atoms with Gasteiger partial charge in [-0.15, -0.1) is 0 Å². The van der Waals surface area contributed by atoms with Crippen LogP contribution in [0.1, 0.15) is 13.3 Å². The Morgan fingerprint density at radius 3 is 2.87 bits per heavy atom. The molecule has 0 saturated heterocycles. The van der Waals surface area contributed by atoms with Gasteiger partial charge in [0.2, 0.25) is 0 Å². The lowest BCUT2D eigenvalue weighted by molar-refractivity contribution is 0.296. The molecule has 0 spiro atoms. The molecular formula is C9H21N3O2S. The van der Waals surface area contributed by atoms with Crippen LogP contribution >= 0.6 is 11.8 Å². The largest absolute Gasteiger partial charge is 0.409 e. The smallest absolute Gasteiger partial charge is 0.143 e. The summed E-state index contributed by atoms with van der Waals surface area (Å²) in [6.45, 7) is 3.79. The highest BCUT2D eigenvalue weighted by molar-refractivity contribution is 7.99. The van der Waals surface area contributed by atoms with E-state index in [2.05, 4.69) is 10.5 Å². The number of nitrogens with one attached hydrogen (secondary N) is 1. The topological polar surface area (TPSA) is 90.9 Å². The van der Waals surface area contributed by atoms with E-state index in [9.17, 15) is 0 Å². The summed E-state index contributed by atoms with van der Waals surface area (Å²) in [5.74, 6) is 2.32.